The third kappa shape index (κ3) is 8.10. The number of benzene rings is 2. The number of hydrogen-bond donors (Lipinski definition) is 4. The lowest BCUT2D eigenvalue weighted by Gasteiger charge is -2.35. The Balaban J connectivity index is 1.58. The molecule has 3 aromatic rings. The van der Waals surface area contributed by atoms with Crippen molar-refractivity contribution in [3.05, 3.63) is 76.1 Å². The lowest BCUT2D eigenvalue weighted by Crippen LogP contribution is -2.50. The first kappa shape index (κ1) is 27.2. The molecule has 1 aromatic heterocycles. The molecule has 192 valence electrons. The van der Waals surface area contributed by atoms with Gasteiger partial charge in [0.2, 0.25) is 0 Å². The number of likely N-dealkylation sites (N-methyl/N-ethyl adjacent to an activating group) is 1. The number of halogens is 1. The number of nitrogens with zero attached hydrogens (tertiary/aromatic N) is 3. The van der Waals surface area contributed by atoms with Crippen LogP contribution in [0.25, 0.3) is 0 Å². The number of carbonyl (C=O) groups is 1. The van der Waals surface area contributed by atoms with E-state index in [2.05, 4.69) is 53.5 Å². The van der Waals surface area contributed by atoms with Crippen LogP contribution in [-0.4, -0.2) is 58.7 Å². The Bertz CT molecular complexity index is 1100. The predicted octanol–water partition coefficient (Wildman–Crippen LogP) is 3.75. The van der Waals surface area contributed by atoms with Crippen molar-refractivity contribution in [1.29, 1.82) is 0 Å². The van der Waals surface area contributed by atoms with Gasteiger partial charge in [0.15, 0.2) is 22.5 Å². The zero-order valence-electron chi connectivity index (χ0n) is 21.0. The lowest BCUT2D eigenvalue weighted by atomic mass is 10.1. The van der Waals surface area contributed by atoms with E-state index in [0.717, 1.165) is 49.8 Å². The van der Waals surface area contributed by atoms with Crippen molar-refractivity contribution in [3.63, 3.8) is 0 Å². The number of hydrogen-bond acceptors (Lipinski definition) is 6. The van der Waals surface area contributed by atoms with Crippen LogP contribution in [-0.2, 0) is 12.8 Å². The minimum atomic E-state index is -0.419. The summed E-state index contributed by atoms with van der Waals surface area (Å²) in [5.74, 6) is -0.188. The second-order valence-electron chi connectivity index (χ2n) is 9.54. The van der Waals surface area contributed by atoms with Gasteiger partial charge in [0.1, 0.15) is 5.75 Å². The van der Waals surface area contributed by atoms with Crippen molar-refractivity contribution < 1.29 is 14.4 Å². The van der Waals surface area contributed by atoms with Crippen molar-refractivity contribution >= 4 is 29.1 Å². The molecule has 0 spiro atoms. The van der Waals surface area contributed by atoms with E-state index in [9.17, 15) is 9.90 Å². The fraction of sp³-hybridized carbons (Fsp3) is 0.370. The molecule has 2 aromatic carbocycles. The molecule has 8 nitrogen and oxygen atoms in total. The number of phenolic OH excluding ortho intramolecular Hbond substituents is 1. The second kappa shape index (κ2) is 12.6. The van der Waals surface area contributed by atoms with Gasteiger partial charge in [-0.2, -0.15) is 0 Å². The number of carbonyl (C=O) groups excluding carboxylic acids is 1. The van der Waals surface area contributed by atoms with Gasteiger partial charge in [-0.25, -0.2) is 9.97 Å². The number of nitrogens with two attached hydrogens (primary N) is 2. The average Bonchev–Trinajstić information content (AvgIpc) is 2.84. The van der Waals surface area contributed by atoms with E-state index in [1.54, 1.807) is 12.1 Å². The maximum Gasteiger partial charge on any atom is 0.273 e. The van der Waals surface area contributed by atoms with Gasteiger partial charge < -0.3 is 26.4 Å². The molecular formula is C27H36ClN6O2+. The van der Waals surface area contributed by atoms with Crippen LogP contribution in [0.1, 0.15) is 40.0 Å². The van der Waals surface area contributed by atoms with E-state index in [0.29, 0.717) is 6.54 Å². The van der Waals surface area contributed by atoms with Gasteiger partial charge in [-0.1, -0.05) is 53.6 Å². The first-order valence-corrected chi connectivity index (χ1v) is 12.6. The third-order valence-electron chi connectivity index (χ3n) is 6.44. The van der Waals surface area contributed by atoms with Crippen LogP contribution >= 0.6 is 11.6 Å². The van der Waals surface area contributed by atoms with Crippen LogP contribution < -0.4 is 16.8 Å². The van der Waals surface area contributed by atoms with E-state index in [4.69, 9.17) is 23.1 Å². The minimum Gasteiger partial charge on any atom is -0.508 e. The first-order chi connectivity index (χ1) is 17.1. The second-order valence-corrected chi connectivity index (χ2v) is 9.90. The Hall–Kier alpha value is -3.36. The lowest BCUT2D eigenvalue weighted by molar-refractivity contribution is -0.908. The Kier molecular flexibility index (Phi) is 9.50. The largest absolute Gasteiger partial charge is 0.508 e. The number of aromatic hydroxyl groups is 1. The summed E-state index contributed by atoms with van der Waals surface area (Å²) in [6.45, 7) is 5.25. The average molecular weight is 512 g/mol. The van der Waals surface area contributed by atoms with Gasteiger partial charge >= 0.3 is 0 Å². The van der Waals surface area contributed by atoms with Crippen molar-refractivity contribution in [2.75, 3.05) is 44.7 Å². The number of aryl methyl sites for hydroxylation is 3. The maximum atomic E-state index is 12.6. The van der Waals surface area contributed by atoms with Gasteiger partial charge in [0, 0.05) is 12.8 Å². The van der Waals surface area contributed by atoms with Crippen LogP contribution in [0.2, 0.25) is 5.15 Å². The molecule has 1 heterocycles. The topological polar surface area (TPSA) is 127 Å². The highest BCUT2D eigenvalue weighted by Crippen LogP contribution is 2.18. The van der Waals surface area contributed by atoms with Crippen LogP contribution in [0.4, 0.5) is 11.6 Å². The van der Waals surface area contributed by atoms with E-state index >= 15 is 0 Å². The number of quaternary nitrogens is 1. The van der Waals surface area contributed by atoms with E-state index in [-0.39, 0.29) is 28.2 Å². The summed E-state index contributed by atoms with van der Waals surface area (Å²) in [4.78, 5) is 20.5. The zero-order chi connectivity index (χ0) is 26.1. The summed E-state index contributed by atoms with van der Waals surface area (Å²) in [5.41, 5.74) is 15.2. The number of phenols is 1. The smallest absolute Gasteiger partial charge is 0.273 e. The van der Waals surface area contributed by atoms with Crippen LogP contribution in [0.15, 0.2) is 48.5 Å². The highest BCUT2D eigenvalue weighted by Gasteiger charge is 2.22. The zero-order valence-corrected chi connectivity index (χ0v) is 21.8. The predicted molar refractivity (Wildman–Crippen MR) is 145 cm³/mol. The van der Waals surface area contributed by atoms with E-state index < -0.39 is 5.91 Å². The maximum absolute atomic E-state index is 12.6. The Morgan fingerprint density at radius 1 is 0.917 bits per heavy atom. The fourth-order valence-electron chi connectivity index (χ4n) is 4.21. The quantitative estimate of drug-likeness (QED) is 0.274. The monoisotopic (exact) mass is 511 g/mol. The molecular weight excluding hydrogens is 476 g/mol. The molecule has 6 N–H and O–H groups in total. The van der Waals surface area contributed by atoms with E-state index in [1.165, 1.54) is 16.7 Å². The highest BCUT2D eigenvalue weighted by molar-refractivity contribution is 6.31. The minimum absolute atomic E-state index is 0.00263. The SMILES string of the molecule is Cc1ccc(CCC[N+](C)(CCCc2ccc(O)cc2)CCNC(=O)c2nc(Cl)c(N)nc2N)cc1. The summed E-state index contributed by atoms with van der Waals surface area (Å²) in [5, 5.41) is 12.4. The Morgan fingerprint density at radius 3 is 2.06 bits per heavy atom. The van der Waals surface area contributed by atoms with Crippen LogP contribution in [0, 0.1) is 6.92 Å². The molecule has 0 saturated heterocycles. The Labute approximate surface area is 217 Å². The molecule has 1 unspecified atom stereocenters. The van der Waals surface area contributed by atoms with Crippen molar-refractivity contribution in [1.82, 2.24) is 15.3 Å². The molecule has 0 saturated carbocycles. The molecule has 0 aliphatic carbocycles. The van der Waals surface area contributed by atoms with Crippen LogP contribution in [0.3, 0.4) is 0 Å². The highest BCUT2D eigenvalue weighted by atomic mass is 35.5. The van der Waals surface area contributed by atoms with Gasteiger partial charge in [-0.3, -0.25) is 4.79 Å². The van der Waals surface area contributed by atoms with Crippen molar-refractivity contribution in [2.45, 2.75) is 32.6 Å². The summed E-state index contributed by atoms with van der Waals surface area (Å²) in [7, 11) is 2.23. The third-order valence-corrected chi connectivity index (χ3v) is 6.72. The molecule has 9 heteroatoms. The van der Waals surface area contributed by atoms with Gasteiger partial charge in [-0.05, 0) is 43.0 Å². The normalized spacial score (nSPS) is 12.8. The molecule has 1 amide bonds. The Morgan fingerprint density at radius 2 is 1.47 bits per heavy atom. The number of amides is 1. The number of anilines is 2. The van der Waals surface area contributed by atoms with Crippen molar-refractivity contribution in [2.24, 2.45) is 0 Å². The molecule has 36 heavy (non-hydrogen) atoms. The number of nitrogens with one attached hydrogen (secondary N) is 1. The van der Waals surface area contributed by atoms with Crippen molar-refractivity contribution in [3.8, 4) is 5.75 Å². The standard InChI is InChI=1S/C27H35ClN6O2/c1-19-7-9-20(10-8-19)5-3-16-34(2,17-4-6-21-11-13-22(35)14-12-21)18-15-31-27(36)23-25(29)33-26(30)24(28)32-23/h7-14H,3-6,15-18H2,1-2H3,(H5-,29,30,31,33,35,36)/p+1. The number of rotatable bonds is 12. The van der Waals surface area contributed by atoms with Gasteiger partial charge in [0.05, 0.1) is 33.2 Å². The first-order valence-electron chi connectivity index (χ1n) is 12.2. The van der Waals surface area contributed by atoms with E-state index in [1.807, 2.05) is 12.1 Å². The van der Waals surface area contributed by atoms with Gasteiger partial charge in [-0.15, -0.1) is 0 Å². The molecule has 3 rings (SSSR count). The summed E-state index contributed by atoms with van der Waals surface area (Å²) < 4.78 is 0.813. The molecule has 0 bridgehead atoms. The summed E-state index contributed by atoms with van der Waals surface area (Å²) in [6.07, 6.45) is 3.97. The number of nitrogen functional groups attached to an aromatic ring is 2. The fourth-order valence-corrected chi connectivity index (χ4v) is 4.34. The molecule has 0 aliphatic rings. The van der Waals surface area contributed by atoms with Gasteiger partial charge in [0.25, 0.3) is 5.91 Å². The molecule has 0 fully saturated rings. The molecule has 1 atom stereocenters. The molecule has 0 radical (unpaired) electrons. The summed E-state index contributed by atoms with van der Waals surface area (Å²) in [6, 6.07) is 16.0. The number of aromatic nitrogens is 2. The summed E-state index contributed by atoms with van der Waals surface area (Å²) >= 11 is 5.92. The molecule has 0 aliphatic heterocycles. The van der Waals surface area contributed by atoms with Crippen LogP contribution in [0.5, 0.6) is 5.75 Å².